The van der Waals surface area contributed by atoms with E-state index in [-0.39, 0.29) is 6.61 Å². The molecular weight excluding hydrogens is 234 g/mol. The third kappa shape index (κ3) is 2.86. The molecule has 0 unspecified atom stereocenters. The van der Waals surface area contributed by atoms with Gasteiger partial charge < -0.3 is 5.11 Å². The van der Waals surface area contributed by atoms with E-state index in [0.717, 1.165) is 31.6 Å². The summed E-state index contributed by atoms with van der Waals surface area (Å²) in [7, 11) is 0. The van der Waals surface area contributed by atoms with Gasteiger partial charge in [0, 0.05) is 19.6 Å². The fraction of sp³-hybridized carbons (Fsp3) is 0.294. The molecule has 2 aromatic carbocycles. The fourth-order valence-corrected chi connectivity index (χ4v) is 2.70. The maximum Gasteiger partial charge on any atom is 0.0681 e. The summed E-state index contributed by atoms with van der Waals surface area (Å²) in [5.74, 6) is 0. The van der Waals surface area contributed by atoms with E-state index in [0.29, 0.717) is 0 Å². The van der Waals surface area contributed by atoms with Crippen LogP contribution in [0.5, 0.6) is 0 Å². The predicted molar refractivity (Wildman–Crippen MR) is 76.6 cm³/mol. The van der Waals surface area contributed by atoms with Gasteiger partial charge in [0.1, 0.15) is 0 Å². The highest BCUT2D eigenvalue weighted by molar-refractivity contribution is 5.29. The van der Waals surface area contributed by atoms with E-state index >= 15 is 0 Å². The Kier molecular flexibility index (Phi) is 3.62. The Morgan fingerprint density at radius 1 is 0.895 bits per heavy atom. The van der Waals surface area contributed by atoms with Crippen molar-refractivity contribution in [1.82, 2.24) is 4.90 Å². The maximum atomic E-state index is 9.05. The molecule has 98 valence electrons. The SMILES string of the molecule is OCc1ccc(CN2CCc3ccccc3C2)cc1. The summed E-state index contributed by atoms with van der Waals surface area (Å²) in [6.07, 6.45) is 1.14. The van der Waals surface area contributed by atoms with E-state index in [1.165, 1.54) is 16.7 Å². The Balaban J connectivity index is 1.68. The van der Waals surface area contributed by atoms with Crippen LogP contribution in [0, 0.1) is 0 Å². The van der Waals surface area contributed by atoms with E-state index in [1.54, 1.807) is 0 Å². The van der Waals surface area contributed by atoms with Crippen molar-refractivity contribution in [2.75, 3.05) is 6.54 Å². The van der Waals surface area contributed by atoms with Gasteiger partial charge in [0.2, 0.25) is 0 Å². The summed E-state index contributed by atoms with van der Waals surface area (Å²) in [5.41, 5.74) is 5.25. The number of aliphatic hydroxyl groups excluding tert-OH is 1. The molecule has 0 saturated carbocycles. The van der Waals surface area contributed by atoms with Crippen molar-refractivity contribution in [2.45, 2.75) is 26.1 Å². The van der Waals surface area contributed by atoms with Crippen LogP contribution in [0.1, 0.15) is 22.3 Å². The highest BCUT2D eigenvalue weighted by Crippen LogP contribution is 2.20. The van der Waals surface area contributed by atoms with E-state index < -0.39 is 0 Å². The molecule has 19 heavy (non-hydrogen) atoms. The van der Waals surface area contributed by atoms with Crippen LogP contribution in [0.2, 0.25) is 0 Å². The molecule has 0 spiro atoms. The highest BCUT2D eigenvalue weighted by Gasteiger charge is 2.15. The van der Waals surface area contributed by atoms with Gasteiger partial charge in [-0.3, -0.25) is 4.90 Å². The van der Waals surface area contributed by atoms with Gasteiger partial charge in [-0.1, -0.05) is 48.5 Å². The smallest absolute Gasteiger partial charge is 0.0681 e. The Labute approximate surface area is 114 Å². The zero-order valence-corrected chi connectivity index (χ0v) is 11.0. The minimum absolute atomic E-state index is 0.122. The van der Waals surface area contributed by atoms with Gasteiger partial charge in [0.25, 0.3) is 0 Å². The first-order chi connectivity index (χ1) is 9.35. The fourth-order valence-electron chi connectivity index (χ4n) is 2.70. The molecule has 1 aliphatic heterocycles. The van der Waals surface area contributed by atoms with Crippen LogP contribution in [-0.4, -0.2) is 16.6 Å². The lowest BCUT2D eigenvalue weighted by Crippen LogP contribution is -2.29. The second kappa shape index (κ2) is 5.55. The van der Waals surface area contributed by atoms with Gasteiger partial charge in [0.05, 0.1) is 6.61 Å². The molecule has 1 heterocycles. The first-order valence-corrected chi connectivity index (χ1v) is 6.83. The van der Waals surface area contributed by atoms with E-state index in [2.05, 4.69) is 41.3 Å². The molecule has 0 aromatic heterocycles. The number of benzene rings is 2. The van der Waals surface area contributed by atoms with E-state index in [9.17, 15) is 0 Å². The van der Waals surface area contributed by atoms with E-state index in [1.807, 2.05) is 12.1 Å². The topological polar surface area (TPSA) is 23.5 Å². The quantitative estimate of drug-likeness (QED) is 0.909. The van der Waals surface area contributed by atoms with Gasteiger partial charge in [-0.25, -0.2) is 0 Å². The van der Waals surface area contributed by atoms with Crippen molar-refractivity contribution in [2.24, 2.45) is 0 Å². The zero-order chi connectivity index (χ0) is 13.1. The lowest BCUT2D eigenvalue weighted by molar-refractivity contribution is 0.245. The molecule has 0 radical (unpaired) electrons. The molecule has 3 rings (SSSR count). The molecule has 0 saturated heterocycles. The van der Waals surface area contributed by atoms with E-state index in [4.69, 9.17) is 5.11 Å². The normalized spacial score (nSPS) is 15.2. The molecule has 2 nitrogen and oxygen atoms in total. The summed E-state index contributed by atoms with van der Waals surface area (Å²) in [6, 6.07) is 17.0. The molecule has 0 amide bonds. The number of fused-ring (bicyclic) bond motifs is 1. The number of nitrogens with zero attached hydrogens (tertiary/aromatic N) is 1. The van der Waals surface area contributed by atoms with Gasteiger partial charge in [-0.15, -0.1) is 0 Å². The molecule has 1 N–H and O–H groups in total. The first-order valence-electron chi connectivity index (χ1n) is 6.83. The number of hydrogen-bond acceptors (Lipinski definition) is 2. The second-order valence-corrected chi connectivity index (χ2v) is 5.20. The molecule has 2 aromatic rings. The summed E-state index contributed by atoms with van der Waals surface area (Å²) in [6.45, 7) is 3.27. The number of rotatable bonds is 3. The Morgan fingerprint density at radius 2 is 1.58 bits per heavy atom. The van der Waals surface area contributed by atoms with Crippen LogP contribution < -0.4 is 0 Å². The number of hydrogen-bond donors (Lipinski definition) is 1. The van der Waals surface area contributed by atoms with Crippen molar-refractivity contribution in [3.8, 4) is 0 Å². The van der Waals surface area contributed by atoms with Gasteiger partial charge in [-0.05, 0) is 28.7 Å². The lowest BCUT2D eigenvalue weighted by Gasteiger charge is -2.28. The Hall–Kier alpha value is -1.64. The summed E-state index contributed by atoms with van der Waals surface area (Å²) in [4.78, 5) is 2.48. The molecule has 2 heteroatoms. The minimum atomic E-state index is 0.122. The van der Waals surface area contributed by atoms with Crippen LogP contribution in [0.3, 0.4) is 0 Å². The maximum absolute atomic E-state index is 9.05. The molecular formula is C17H19NO. The lowest BCUT2D eigenvalue weighted by atomic mass is 9.99. The second-order valence-electron chi connectivity index (χ2n) is 5.20. The standard InChI is InChI=1S/C17H19NO/c19-13-15-7-5-14(6-8-15)11-18-10-9-16-3-1-2-4-17(16)12-18/h1-8,19H,9-13H2. The summed E-state index contributed by atoms with van der Waals surface area (Å²) < 4.78 is 0. The average molecular weight is 253 g/mol. The van der Waals surface area contributed by atoms with Gasteiger partial charge in [0.15, 0.2) is 0 Å². The Morgan fingerprint density at radius 3 is 2.32 bits per heavy atom. The average Bonchev–Trinajstić information content (AvgIpc) is 2.48. The van der Waals surface area contributed by atoms with Crippen molar-refractivity contribution in [1.29, 1.82) is 0 Å². The van der Waals surface area contributed by atoms with Crippen molar-refractivity contribution in [3.05, 3.63) is 70.8 Å². The third-order valence-corrected chi connectivity index (χ3v) is 3.82. The molecule has 0 aliphatic carbocycles. The van der Waals surface area contributed by atoms with Crippen LogP contribution in [-0.2, 0) is 26.1 Å². The third-order valence-electron chi connectivity index (χ3n) is 3.82. The van der Waals surface area contributed by atoms with Crippen LogP contribution in [0.15, 0.2) is 48.5 Å². The Bertz CT molecular complexity index is 547. The van der Waals surface area contributed by atoms with Crippen molar-refractivity contribution >= 4 is 0 Å². The monoisotopic (exact) mass is 253 g/mol. The molecule has 1 aliphatic rings. The largest absolute Gasteiger partial charge is 0.392 e. The number of aliphatic hydroxyl groups is 1. The highest BCUT2D eigenvalue weighted by atomic mass is 16.3. The predicted octanol–water partition coefficient (Wildman–Crippen LogP) is 2.74. The molecule has 0 bridgehead atoms. The zero-order valence-electron chi connectivity index (χ0n) is 11.0. The van der Waals surface area contributed by atoms with Gasteiger partial charge >= 0.3 is 0 Å². The molecule has 0 fully saturated rings. The van der Waals surface area contributed by atoms with Crippen LogP contribution in [0.4, 0.5) is 0 Å². The summed E-state index contributed by atoms with van der Waals surface area (Å²) in [5, 5.41) is 9.05. The van der Waals surface area contributed by atoms with Gasteiger partial charge in [-0.2, -0.15) is 0 Å². The van der Waals surface area contributed by atoms with Crippen molar-refractivity contribution < 1.29 is 5.11 Å². The van der Waals surface area contributed by atoms with Crippen LogP contribution in [0.25, 0.3) is 0 Å². The van der Waals surface area contributed by atoms with Crippen LogP contribution >= 0.6 is 0 Å². The van der Waals surface area contributed by atoms with Crippen molar-refractivity contribution in [3.63, 3.8) is 0 Å². The first kappa shape index (κ1) is 12.4. The summed E-state index contributed by atoms with van der Waals surface area (Å²) >= 11 is 0. The minimum Gasteiger partial charge on any atom is -0.392 e. The molecule has 0 atom stereocenters.